The quantitative estimate of drug-likeness (QED) is 0.896. The van der Waals surface area contributed by atoms with E-state index in [1.807, 2.05) is 6.07 Å². The summed E-state index contributed by atoms with van der Waals surface area (Å²) in [6.45, 7) is 0.436. The van der Waals surface area contributed by atoms with Crippen LogP contribution in [0.15, 0.2) is 22.7 Å². The molecule has 1 N–H and O–H groups in total. The molecule has 6 heteroatoms. The fraction of sp³-hybridized carbons (Fsp3) is 0.333. The lowest BCUT2D eigenvalue weighted by molar-refractivity contribution is -0.123. The molecule has 0 spiro atoms. The lowest BCUT2D eigenvalue weighted by Gasteiger charge is -2.20. The van der Waals surface area contributed by atoms with Crippen molar-refractivity contribution in [2.45, 2.75) is 6.42 Å². The van der Waals surface area contributed by atoms with Crippen molar-refractivity contribution in [1.82, 2.24) is 5.32 Å². The van der Waals surface area contributed by atoms with Gasteiger partial charge in [0.1, 0.15) is 5.75 Å². The Morgan fingerprint density at radius 2 is 2.17 bits per heavy atom. The third-order valence-electron chi connectivity index (χ3n) is 2.75. The van der Waals surface area contributed by atoms with Crippen LogP contribution < -0.4 is 15.0 Å². The molecule has 1 aliphatic rings. The van der Waals surface area contributed by atoms with Crippen molar-refractivity contribution < 1.29 is 14.3 Å². The minimum atomic E-state index is -0.113. The average Bonchev–Trinajstić information content (AvgIpc) is 2.52. The van der Waals surface area contributed by atoms with Gasteiger partial charge in [0.25, 0.3) is 0 Å². The van der Waals surface area contributed by atoms with Crippen molar-refractivity contribution in [2.75, 3.05) is 25.1 Å². The first kappa shape index (κ1) is 12.9. The minimum absolute atomic E-state index is 0.0441. The maximum Gasteiger partial charge on any atom is 0.246 e. The molecule has 0 saturated carbocycles. The second kappa shape index (κ2) is 5.39. The molecule has 0 aromatic heterocycles. The summed E-state index contributed by atoms with van der Waals surface area (Å²) in [4.78, 5) is 24.7. The van der Waals surface area contributed by atoms with Crippen LogP contribution in [0.4, 0.5) is 5.69 Å². The molecular weight excluding hydrogens is 300 g/mol. The van der Waals surface area contributed by atoms with Gasteiger partial charge in [-0.05, 0) is 34.1 Å². The van der Waals surface area contributed by atoms with E-state index in [2.05, 4.69) is 21.2 Å². The van der Waals surface area contributed by atoms with Crippen LogP contribution >= 0.6 is 15.9 Å². The number of amides is 2. The number of benzene rings is 1. The lowest BCUT2D eigenvalue weighted by atomic mass is 10.2. The SMILES string of the molecule is COc1ccc(N2CCC(=O)NCC2=O)cc1Br. The Kier molecular flexibility index (Phi) is 3.86. The number of hydrogen-bond acceptors (Lipinski definition) is 3. The molecule has 2 amide bonds. The number of halogens is 1. The number of ether oxygens (including phenoxy) is 1. The molecule has 18 heavy (non-hydrogen) atoms. The lowest BCUT2D eigenvalue weighted by Crippen LogP contribution is -2.35. The minimum Gasteiger partial charge on any atom is -0.496 e. The summed E-state index contributed by atoms with van der Waals surface area (Å²) in [6.07, 6.45) is 0.315. The highest BCUT2D eigenvalue weighted by Crippen LogP contribution is 2.29. The van der Waals surface area contributed by atoms with Crippen molar-refractivity contribution in [2.24, 2.45) is 0 Å². The summed E-state index contributed by atoms with van der Waals surface area (Å²) in [6, 6.07) is 5.40. The van der Waals surface area contributed by atoms with Crippen molar-refractivity contribution >= 4 is 33.4 Å². The van der Waals surface area contributed by atoms with Crippen LogP contribution in [0.25, 0.3) is 0 Å². The zero-order valence-corrected chi connectivity index (χ0v) is 11.5. The monoisotopic (exact) mass is 312 g/mol. The summed E-state index contributed by atoms with van der Waals surface area (Å²) in [5, 5.41) is 2.56. The van der Waals surface area contributed by atoms with Crippen molar-refractivity contribution in [3.8, 4) is 5.75 Å². The molecule has 2 rings (SSSR count). The molecule has 1 fully saturated rings. The van der Waals surface area contributed by atoms with E-state index in [1.54, 1.807) is 24.1 Å². The van der Waals surface area contributed by atoms with Gasteiger partial charge in [-0.15, -0.1) is 0 Å². The third kappa shape index (κ3) is 2.64. The van der Waals surface area contributed by atoms with E-state index < -0.39 is 0 Å². The Bertz CT molecular complexity index is 490. The van der Waals surface area contributed by atoms with Gasteiger partial charge < -0.3 is 15.0 Å². The second-order valence-corrected chi connectivity index (χ2v) is 4.75. The Morgan fingerprint density at radius 1 is 1.39 bits per heavy atom. The van der Waals surface area contributed by atoms with E-state index in [0.29, 0.717) is 18.7 Å². The van der Waals surface area contributed by atoms with Crippen LogP contribution in [0, 0.1) is 0 Å². The average molecular weight is 313 g/mol. The number of anilines is 1. The first-order valence-corrected chi connectivity index (χ1v) is 6.31. The second-order valence-electron chi connectivity index (χ2n) is 3.89. The van der Waals surface area contributed by atoms with Crippen LogP contribution in [0.1, 0.15) is 6.42 Å². The first-order chi connectivity index (χ1) is 8.61. The molecule has 0 bridgehead atoms. The van der Waals surface area contributed by atoms with Gasteiger partial charge in [-0.2, -0.15) is 0 Å². The molecule has 96 valence electrons. The van der Waals surface area contributed by atoms with Crippen molar-refractivity contribution in [3.63, 3.8) is 0 Å². The molecule has 1 aromatic carbocycles. The maximum atomic E-state index is 11.9. The highest BCUT2D eigenvalue weighted by atomic mass is 79.9. The molecule has 1 saturated heterocycles. The standard InChI is InChI=1S/C12H13BrN2O3/c1-18-10-3-2-8(6-9(10)13)15-5-4-11(16)14-7-12(15)17/h2-3,6H,4-5,7H2,1H3,(H,14,16). The molecule has 1 heterocycles. The smallest absolute Gasteiger partial charge is 0.246 e. The number of carbonyl (C=O) groups excluding carboxylic acids is 2. The fourth-order valence-corrected chi connectivity index (χ4v) is 2.32. The van der Waals surface area contributed by atoms with E-state index in [4.69, 9.17) is 4.74 Å². The number of rotatable bonds is 2. The fourth-order valence-electron chi connectivity index (χ4n) is 1.79. The van der Waals surface area contributed by atoms with Crippen LogP contribution in [-0.4, -0.2) is 32.0 Å². The van der Waals surface area contributed by atoms with Gasteiger partial charge in [-0.3, -0.25) is 9.59 Å². The van der Waals surface area contributed by atoms with Gasteiger partial charge in [0.15, 0.2) is 0 Å². The van der Waals surface area contributed by atoms with E-state index >= 15 is 0 Å². The number of nitrogens with zero attached hydrogens (tertiary/aromatic N) is 1. The summed E-state index contributed by atoms with van der Waals surface area (Å²) in [5.74, 6) is 0.492. The van der Waals surface area contributed by atoms with Crippen LogP contribution in [0.2, 0.25) is 0 Å². The van der Waals surface area contributed by atoms with Gasteiger partial charge in [0.2, 0.25) is 11.8 Å². The van der Waals surface area contributed by atoms with Gasteiger partial charge in [-0.1, -0.05) is 0 Å². The normalized spacial score (nSPS) is 16.2. The summed E-state index contributed by atoms with van der Waals surface area (Å²) >= 11 is 3.38. The maximum absolute atomic E-state index is 11.9. The van der Waals surface area contributed by atoms with E-state index in [9.17, 15) is 9.59 Å². The Morgan fingerprint density at radius 3 is 2.83 bits per heavy atom. The van der Waals surface area contributed by atoms with E-state index in [1.165, 1.54) is 0 Å². The zero-order valence-electron chi connectivity index (χ0n) is 9.90. The Labute approximate surface area is 113 Å². The van der Waals surface area contributed by atoms with Gasteiger partial charge in [-0.25, -0.2) is 0 Å². The molecule has 1 aliphatic heterocycles. The summed E-state index contributed by atoms with van der Waals surface area (Å²) in [7, 11) is 1.58. The highest BCUT2D eigenvalue weighted by molar-refractivity contribution is 9.10. The summed E-state index contributed by atoms with van der Waals surface area (Å²) < 4.78 is 5.92. The molecule has 0 radical (unpaired) electrons. The number of methoxy groups -OCH3 is 1. The van der Waals surface area contributed by atoms with Crippen LogP contribution in [0.3, 0.4) is 0 Å². The molecule has 5 nitrogen and oxygen atoms in total. The molecular formula is C12H13BrN2O3. The first-order valence-electron chi connectivity index (χ1n) is 5.52. The van der Waals surface area contributed by atoms with E-state index in [0.717, 1.165) is 10.2 Å². The molecule has 0 unspecified atom stereocenters. The topological polar surface area (TPSA) is 58.6 Å². The molecule has 0 atom stereocenters. The highest BCUT2D eigenvalue weighted by Gasteiger charge is 2.21. The largest absolute Gasteiger partial charge is 0.496 e. The van der Waals surface area contributed by atoms with Crippen LogP contribution in [0.5, 0.6) is 5.75 Å². The molecule has 1 aromatic rings. The Balaban J connectivity index is 2.26. The zero-order chi connectivity index (χ0) is 13.1. The number of carbonyl (C=O) groups is 2. The molecule has 0 aliphatic carbocycles. The van der Waals surface area contributed by atoms with Crippen LogP contribution in [-0.2, 0) is 9.59 Å². The van der Waals surface area contributed by atoms with Crippen molar-refractivity contribution in [1.29, 1.82) is 0 Å². The van der Waals surface area contributed by atoms with Gasteiger partial charge in [0.05, 0.1) is 18.1 Å². The van der Waals surface area contributed by atoms with E-state index in [-0.39, 0.29) is 18.4 Å². The van der Waals surface area contributed by atoms with Crippen molar-refractivity contribution in [3.05, 3.63) is 22.7 Å². The predicted molar refractivity (Wildman–Crippen MR) is 70.7 cm³/mol. The number of hydrogen-bond donors (Lipinski definition) is 1. The predicted octanol–water partition coefficient (Wildman–Crippen LogP) is 1.31. The van der Waals surface area contributed by atoms with Gasteiger partial charge >= 0.3 is 0 Å². The van der Waals surface area contributed by atoms with Gasteiger partial charge in [0, 0.05) is 18.7 Å². The Hall–Kier alpha value is -1.56. The summed E-state index contributed by atoms with van der Waals surface area (Å²) in [5.41, 5.74) is 0.754. The third-order valence-corrected chi connectivity index (χ3v) is 3.37. The number of nitrogens with one attached hydrogen (secondary N) is 1.